The van der Waals surface area contributed by atoms with E-state index in [0.29, 0.717) is 0 Å². The van der Waals surface area contributed by atoms with Gasteiger partial charge in [0.25, 0.3) is 0 Å². The topological polar surface area (TPSA) is 35.2 Å². The Morgan fingerprint density at radius 1 is 0.952 bits per heavy atom. The van der Waals surface area contributed by atoms with Gasteiger partial charge in [0.2, 0.25) is 0 Å². The molecular weight excluding hydrogens is 326 g/mol. The van der Waals surface area contributed by atoms with Gasteiger partial charge in [-0.1, -0.05) is 58.4 Å². The van der Waals surface area contributed by atoms with Crippen LogP contribution in [0.15, 0.2) is 65.1 Å². The van der Waals surface area contributed by atoms with Gasteiger partial charge < -0.3 is 10.5 Å². The van der Waals surface area contributed by atoms with E-state index in [2.05, 4.69) is 40.2 Å². The molecule has 0 aromatic heterocycles. The van der Waals surface area contributed by atoms with Gasteiger partial charge in [0.1, 0.15) is 5.75 Å². The zero-order chi connectivity index (χ0) is 14.8. The Labute approximate surface area is 132 Å². The Bertz CT molecular complexity index is 780. The number of hydrogen-bond acceptors (Lipinski definition) is 2. The lowest BCUT2D eigenvalue weighted by Crippen LogP contribution is -2.13. The molecule has 2 nitrogen and oxygen atoms in total. The van der Waals surface area contributed by atoms with Crippen molar-refractivity contribution in [3.05, 3.63) is 76.3 Å². The van der Waals surface area contributed by atoms with E-state index in [4.69, 9.17) is 10.5 Å². The normalized spacial score (nSPS) is 12.3. The quantitative estimate of drug-likeness (QED) is 0.751. The maximum Gasteiger partial charge on any atom is 0.124 e. The predicted octanol–water partition coefficient (Wildman–Crippen LogP) is 4.66. The summed E-state index contributed by atoms with van der Waals surface area (Å²) in [4.78, 5) is 0. The van der Waals surface area contributed by atoms with Gasteiger partial charge in [-0.15, -0.1) is 0 Å². The monoisotopic (exact) mass is 341 g/mol. The van der Waals surface area contributed by atoms with Crippen molar-refractivity contribution in [3.63, 3.8) is 0 Å². The van der Waals surface area contributed by atoms with Crippen LogP contribution in [0.5, 0.6) is 5.75 Å². The highest BCUT2D eigenvalue weighted by atomic mass is 79.9. The average Bonchev–Trinajstić information content (AvgIpc) is 2.53. The van der Waals surface area contributed by atoms with Crippen molar-refractivity contribution in [2.45, 2.75) is 6.04 Å². The molecule has 2 N–H and O–H groups in total. The summed E-state index contributed by atoms with van der Waals surface area (Å²) in [5.74, 6) is 0.804. The van der Waals surface area contributed by atoms with Gasteiger partial charge in [-0.3, -0.25) is 0 Å². The molecule has 3 heteroatoms. The van der Waals surface area contributed by atoms with E-state index in [1.54, 1.807) is 7.11 Å². The van der Waals surface area contributed by atoms with Crippen molar-refractivity contribution in [1.82, 2.24) is 0 Å². The molecular formula is C18H16BrNO. The number of benzene rings is 3. The molecule has 3 aromatic carbocycles. The van der Waals surface area contributed by atoms with E-state index in [1.807, 2.05) is 36.4 Å². The second-order valence-electron chi connectivity index (χ2n) is 4.93. The van der Waals surface area contributed by atoms with Gasteiger partial charge in [0.15, 0.2) is 0 Å². The first-order valence-corrected chi connectivity index (χ1v) is 7.56. The molecule has 0 fully saturated rings. The first-order chi connectivity index (χ1) is 10.2. The van der Waals surface area contributed by atoms with Crippen molar-refractivity contribution >= 4 is 26.7 Å². The lowest BCUT2D eigenvalue weighted by atomic mass is 9.94. The minimum Gasteiger partial charge on any atom is -0.496 e. The third-order valence-corrected chi connectivity index (χ3v) is 4.18. The van der Waals surface area contributed by atoms with Crippen molar-refractivity contribution in [2.75, 3.05) is 7.11 Å². The van der Waals surface area contributed by atoms with Crippen LogP contribution in [-0.2, 0) is 0 Å². The third-order valence-electron chi connectivity index (χ3n) is 3.69. The van der Waals surface area contributed by atoms with Crippen LogP contribution in [0.25, 0.3) is 10.8 Å². The largest absolute Gasteiger partial charge is 0.496 e. The molecule has 0 radical (unpaired) electrons. The van der Waals surface area contributed by atoms with Gasteiger partial charge in [0, 0.05) is 10.0 Å². The van der Waals surface area contributed by atoms with Crippen LogP contribution in [0.1, 0.15) is 17.2 Å². The fraction of sp³-hybridized carbons (Fsp3) is 0.111. The Kier molecular flexibility index (Phi) is 3.95. The van der Waals surface area contributed by atoms with Crippen molar-refractivity contribution in [1.29, 1.82) is 0 Å². The summed E-state index contributed by atoms with van der Waals surface area (Å²) >= 11 is 3.50. The maximum absolute atomic E-state index is 6.53. The molecule has 0 aliphatic heterocycles. The molecule has 0 amide bonds. The first-order valence-electron chi connectivity index (χ1n) is 6.77. The summed E-state index contributed by atoms with van der Waals surface area (Å²) in [6, 6.07) is 20.2. The minimum atomic E-state index is -0.233. The predicted molar refractivity (Wildman–Crippen MR) is 90.7 cm³/mol. The van der Waals surface area contributed by atoms with Gasteiger partial charge in [-0.2, -0.15) is 0 Å². The Morgan fingerprint density at radius 3 is 2.52 bits per heavy atom. The average molecular weight is 342 g/mol. The van der Waals surface area contributed by atoms with E-state index in [1.165, 1.54) is 10.8 Å². The van der Waals surface area contributed by atoms with Crippen LogP contribution in [0.4, 0.5) is 0 Å². The van der Waals surface area contributed by atoms with Crippen LogP contribution in [0, 0.1) is 0 Å². The van der Waals surface area contributed by atoms with Crippen LogP contribution in [0.2, 0.25) is 0 Å². The number of halogens is 1. The standard InChI is InChI=1S/C18H16BrNO/c1-21-17-10-9-13(19)11-16(17)18(20)15-8-4-6-12-5-2-3-7-14(12)15/h2-11,18H,20H2,1H3. The number of rotatable bonds is 3. The Balaban J connectivity index is 2.17. The van der Waals surface area contributed by atoms with Crippen molar-refractivity contribution in [2.24, 2.45) is 5.73 Å². The molecule has 0 heterocycles. The SMILES string of the molecule is COc1ccc(Br)cc1C(N)c1cccc2ccccc12. The summed E-state index contributed by atoms with van der Waals surface area (Å²) in [5.41, 5.74) is 8.60. The summed E-state index contributed by atoms with van der Waals surface area (Å²) in [6.45, 7) is 0. The highest BCUT2D eigenvalue weighted by molar-refractivity contribution is 9.10. The van der Waals surface area contributed by atoms with Crippen molar-refractivity contribution < 1.29 is 4.74 Å². The first kappa shape index (κ1) is 14.1. The molecule has 21 heavy (non-hydrogen) atoms. The zero-order valence-electron chi connectivity index (χ0n) is 11.7. The number of nitrogens with two attached hydrogens (primary N) is 1. The van der Waals surface area contributed by atoms with E-state index in [9.17, 15) is 0 Å². The number of methoxy groups -OCH3 is 1. The molecule has 0 saturated carbocycles. The van der Waals surface area contributed by atoms with E-state index in [-0.39, 0.29) is 6.04 Å². The van der Waals surface area contributed by atoms with Crippen LogP contribution < -0.4 is 10.5 Å². The Morgan fingerprint density at radius 2 is 1.71 bits per heavy atom. The van der Waals surface area contributed by atoms with E-state index < -0.39 is 0 Å². The summed E-state index contributed by atoms with van der Waals surface area (Å²) in [5, 5.41) is 2.37. The van der Waals surface area contributed by atoms with E-state index >= 15 is 0 Å². The van der Waals surface area contributed by atoms with Crippen LogP contribution in [-0.4, -0.2) is 7.11 Å². The molecule has 0 spiro atoms. The van der Waals surface area contributed by atoms with Gasteiger partial charge in [-0.05, 0) is 34.5 Å². The molecule has 0 saturated heterocycles. The summed E-state index contributed by atoms with van der Waals surface area (Å²) in [7, 11) is 1.67. The third kappa shape index (κ3) is 2.67. The molecule has 106 valence electrons. The maximum atomic E-state index is 6.53. The van der Waals surface area contributed by atoms with Gasteiger partial charge in [0.05, 0.1) is 13.2 Å². The molecule has 0 aliphatic rings. The lowest BCUT2D eigenvalue weighted by Gasteiger charge is -2.18. The molecule has 1 atom stereocenters. The lowest BCUT2D eigenvalue weighted by molar-refractivity contribution is 0.408. The van der Waals surface area contributed by atoms with E-state index in [0.717, 1.165) is 21.3 Å². The highest BCUT2D eigenvalue weighted by Crippen LogP contribution is 2.33. The molecule has 1 unspecified atom stereocenters. The highest BCUT2D eigenvalue weighted by Gasteiger charge is 2.16. The van der Waals surface area contributed by atoms with Crippen molar-refractivity contribution in [3.8, 4) is 5.75 Å². The number of hydrogen-bond donors (Lipinski definition) is 1. The fourth-order valence-electron chi connectivity index (χ4n) is 2.64. The molecule has 3 aromatic rings. The van der Waals surface area contributed by atoms with Gasteiger partial charge in [-0.25, -0.2) is 0 Å². The second-order valence-corrected chi connectivity index (χ2v) is 5.85. The summed E-state index contributed by atoms with van der Waals surface area (Å²) in [6.07, 6.45) is 0. The van der Waals surface area contributed by atoms with Crippen LogP contribution in [0.3, 0.4) is 0 Å². The second kappa shape index (κ2) is 5.88. The zero-order valence-corrected chi connectivity index (χ0v) is 13.3. The molecule has 3 rings (SSSR count). The smallest absolute Gasteiger partial charge is 0.124 e. The van der Waals surface area contributed by atoms with Gasteiger partial charge >= 0.3 is 0 Å². The van der Waals surface area contributed by atoms with Crippen LogP contribution >= 0.6 is 15.9 Å². The molecule has 0 aliphatic carbocycles. The minimum absolute atomic E-state index is 0.233. The number of fused-ring (bicyclic) bond motifs is 1. The fourth-order valence-corrected chi connectivity index (χ4v) is 3.02. The summed E-state index contributed by atoms with van der Waals surface area (Å²) < 4.78 is 6.45. The molecule has 0 bridgehead atoms. The Hall–Kier alpha value is -1.84. The number of ether oxygens (including phenoxy) is 1.